The largest absolute Gasteiger partial charge is 0.463 e. The minimum atomic E-state index is -0.529. The SMILES string of the molecule is CN(C)C(=O)Oc1ccc(-c2coc3cc(OC(=O)N(C)C)ccc3c2=O)cc1. The summed E-state index contributed by atoms with van der Waals surface area (Å²) in [6.45, 7) is 0. The van der Waals surface area contributed by atoms with Gasteiger partial charge in [-0.05, 0) is 29.8 Å². The lowest BCUT2D eigenvalue weighted by Gasteiger charge is -2.11. The van der Waals surface area contributed by atoms with Crippen molar-refractivity contribution in [2.45, 2.75) is 0 Å². The molecule has 0 radical (unpaired) electrons. The third-order valence-corrected chi connectivity index (χ3v) is 4.05. The van der Waals surface area contributed by atoms with Gasteiger partial charge in [-0.15, -0.1) is 0 Å². The van der Waals surface area contributed by atoms with Crippen molar-refractivity contribution in [1.29, 1.82) is 0 Å². The number of hydrogen-bond donors (Lipinski definition) is 0. The standard InChI is InChI=1S/C21H20N2O6/c1-22(2)20(25)28-14-7-5-13(6-8-14)17-12-27-18-11-15(29-21(26)23(3)4)9-10-16(18)19(17)24/h5-12H,1-4H3. The van der Waals surface area contributed by atoms with Crippen LogP contribution in [-0.2, 0) is 0 Å². The van der Waals surface area contributed by atoms with Crippen LogP contribution < -0.4 is 14.9 Å². The van der Waals surface area contributed by atoms with E-state index in [-0.39, 0.29) is 11.2 Å². The summed E-state index contributed by atoms with van der Waals surface area (Å²) in [7, 11) is 6.32. The Labute approximate surface area is 166 Å². The molecule has 0 aliphatic carbocycles. The molecule has 1 heterocycles. The van der Waals surface area contributed by atoms with E-state index in [2.05, 4.69) is 0 Å². The number of hydrogen-bond acceptors (Lipinski definition) is 6. The fourth-order valence-corrected chi connectivity index (χ4v) is 2.46. The van der Waals surface area contributed by atoms with Crippen LogP contribution in [0.5, 0.6) is 11.5 Å². The van der Waals surface area contributed by atoms with Crippen molar-refractivity contribution in [3.63, 3.8) is 0 Å². The predicted octanol–water partition coefficient (Wildman–Crippen LogP) is 3.58. The normalized spacial score (nSPS) is 10.5. The molecule has 8 nitrogen and oxygen atoms in total. The van der Waals surface area contributed by atoms with Crippen LogP contribution in [0.25, 0.3) is 22.1 Å². The zero-order valence-electron chi connectivity index (χ0n) is 16.5. The highest BCUT2D eigenvalue weighted by Crippen LogP contribution is 2.25. The highest BCUT2D eigenvalue weighted by atomic mass is 16.6. The Kier molecular flexibility index (Phi) is 5.54. The van der Waals surface area contributed by atoms with Gasteiger partial charge in [-0.2, -0.15) is 0 Å². The van der Waals surface area contributed by atoms with Gasteiger partial charge in [-0.1, -0.05) is 12.1 Å². The van der Waals surface area contributed by atoms with E-state index in [9.17, 15) is 14.4 Å². The van der Waals surface area contributed by atoms with E-state index in [1.165, 1.54) is 28.2 Å². The molecule has 0 fully saturated rings. The van der Waals surface area contributed by atoms with Gasteiger partial charge in [0.05, 0.1) is 10.9 Å². The molecule has 3 rings (SSSR count). The van der Waals surface area contributed by atoms with Gasteiger partial charge in [-0.25, -0.2) is 9.59 Å². The maximum Gasteiger partial charge on any atom is 0.414 e. The third kappa shape index (κ3) is 4.37. The molecule has 0 N–H and O–H groups in total. The van der Waals surface area contributed by atoms with E-state index in [1.807, 2.05) is 0 Å². The van der Waals surface area contributed by atoms with Crippen LogP contribution in [-0.4, -0.2) is 50.2 Å². The Bertz CT molecular complexity index is 1120. The van der Waals surface area contributed by atoms with Crippen molar-refractivity contribution in [1.82, 2.24) is 9.80 Å². The van der Waals surface area contributed by atoms with E-state index < -0.39 is 12.2 Å². The summed E-state index contributed by atoms with van der Waals surface area (Å²) in [5, 5.41) is 0.357. The van der Waals surface area contributed by atoms with Gasteiger partial charge < -0.3 is 23.7 Å². The Morgan fingerprint density at radius 3 is 1.97 bits per heavy atom. The summed E-state index contributed by atoms with van der Waals surface area (Å²) in [6, 6.07) is 11.1. The van der Waals surface area contributed by atoms with Gasteiger partial charge in [-0.3, -0.25) is 4.79 Å². The van der Waals surface area contributed by atoms with Crippen molar-refractivity contribution >= 4 is 23.2 Å². The Morgan fingerprint density at radius 1 is 0.828 bits per heavy atom. The van der Waals surface area contributed by atoms with Crippen LogP contribution >= 0.6 is 0 Å². The maximum atomic E-state index is 12.9. The monoisotopic (exact) mass is 396 g/mol. The summed E-state index contributed by atoms with van der Waals surface area (Å²) in [5.41, 5.74) is 1.06. The first-order valence-electron chi connectivity index (χ1n) is 8.70. The van der Waals surface area contributed by atoms with Crippen molar-refractivity contribution in [2.24, 2.45) is 0 Å². The van der Waals surface area contributed by atoms with Crippen LogP contribution in [0.4, 0.5) is 9.59 Å². The second kappa shape index (κ2) is 8.05. The lowest BCUT2D eigenvalue weighted by Crippen LogP contribution is -2.25. The molecule has 150 valence electrons. The molecule has 8 heteroatoms. The van der Waals surface area contributed by atoms with Crippen LogP contribution in [0.3, 0.4) is 0 Å². The number of nitrogens with zero attached hydrogens (tertiary/aromatic N) is 2. The average Bonchev–Trinajstić information content (AvgIpc) is 2.69. The Balaban J connectivity index is 1.89. The molecule has 29 heavy (non-hydrogen) atoms. The molecule has 0 aliphatic heterocycles. The lowest BCUT2D eigenvalue weighted by atomic mass is 10.1. The molecule has 0 spiro atoms. The molecule has 0 aliphatic rings. The molecule has 0 saturated carbocycles. The van der Waals surface area contributed by atoms with E-state index in [0.717, 1.165) is 0 Å². The number of amides is 2. The molecule has 2 aromatic carbocycles. The van der Waals surface area contributed by atoms with Crippen LogP contribution in [0.2, 0.25) is 0 Å². The highest BCUT2D eigenvalue weighted by molar-refractivity contribution is 5.83. The van der Waals surface area contributed by atoms with E-state index in [4.69, 9.17) is 13.9 Å². The molecule has 0 atom stereocenters. The molecular formula is C21H20N2O6. The molecule has 1 aromatic heterocycles. The Hall–Kier alpha value is -3.81. The van der Waals surface area contributed by atoms with Gasteiger partial charge in [0, 0.05) is 34.3 Å². The molecule has 0 unspecified atom stereocenters. The topological polar surface area (TPSA) is 89.3 Å². The third-order valence-electron chi connectivity index (χ3n) is 4.05. The summed E-state index contributed by atoms with van der Waals surface area (Å²) in [6.07, 6.45) is 0.329. The average molecular weight is 396 g/mol. The number of fused-ring (bicyclic) bond motifs is 1. The smallest absolute Gasteiger partial charge is 0.414 e. The van der Waals surface area contributed by atoms with Crippen LogP contribution in [0, 0.1) is 0 Å². The van der Waals surface area contributed by atoms with Gasteiger partial charge in [0.15, 0.2) is 5.43 Å². The van der Waals surface area contributed by atoms with Gasteiger partial charge in [0.25, 0.3) is 0 Å². The molecule has 0 saturated heterocycles. The predicted molar refractivity (Wildman–Crippen MR) is 107 cm³/mol. The molecule has 0 bridgehead atoms. The molecular weight excluding hydrogens is 376 g/mol. The summed E-state index contributed by atoms with van der Waals surface area (Å²) < 4.78 is 15.9. The van der Waals surface area contributed by atoms with Gasteiger partial charge in [0.1, 0.15) is 23.3 Å². The minimum absolute atomic E-state index is 0.227. The minimum Gasteiger partial charge on any atom is -0.463 e. The summed E-state index contributed by atoms with van der Waals surface area (Å²) in [5.74, 6) is 0.643. The Morgan fingerprint density at radius 2 is 1.38 bits per heavy atom. The second-order valence-electron chi connectivity index (χ2n) is 6.69. The number of rotatable bonds is 3. The van der Waals surface area contributed by atoms with Crippen molar-refractivity contribution in [2.75, 3.05) is 28.2 Å². The van der Waals surface area contributed by atoms with Crippen LogP contribution in [0.15, 0.2) is 57.9 Å². The van der Waals surface area contributed by atoms with Crippen LogP contribution in [0.1, 0.15) is 0 Å². The quantitative estimate of drug-likeness (QED) is 0.672. The molecule has 2 amide bonds. The van der Waals surface area contributed by atoms with Crippen molar-refractivity contribution in [3.8, 4) is 22.6 Å². The van der Waals surface area contributed by atoms with Gasteiger partial charge in [0.2, 0.25) is 0 Å². The first-order chi connectivity index (χ1) is 13.8. The fourth-order valence-electron chi connectivity index (χ4n) is 2.46. The number of carbonyl (C=O) groups is 2. The fraction of sp³-hybridized carbons (Fsp3) is 0.190. The maximum absolute atomic E-state index is 12.9. The van der Waals surface area contributed by atoms with E-state index in [1.54, 1.807) is 58.5 Å². The lowest BCUT2D eigenvalue weighted by molar-refractivity contribution is 0.171. The first kappa shape index (κ1) is 19.9. The second-order valence-corrected chi connectivity index (χ2v) is 6.69. The van der Waals surface area contributed by atoms with Gasteiger partial charge >= 0.3 is 12.2 Å². The molecule has 3 aromatic rings. The zero-order valence-corrected chi connectivity index (χ0v) is 16.5. The van der Waals surface area contributed by atoms with Crippen molar-refractivity contribution in [3.05, 3.63) is 59.0 Å². The number of ether oxygens (including phenoxy) is 2. The number of benzene rings is 2. The zero-order chi connectivity index (χ0) is 21.1. The number of carbonyl (C=O) groups excluding carboxylic acids is 2. The summed E-state index contributed by atoms with van der Waals surface area (Å²) in [4.78, 5) is 38.7. The van der Waals surface area contributed by atoms with Crippen molar-refractivity contribution < 1.29 is 23.5 Å². The van der Waals surface area contributed by atoms with E-state index >= 15 is 0 Å². The highest BCUT2D eigenvalue weighted by Gasteiger charge is 2.13. The summed E-state index contributed by atoms with van der Waals surface area (Å²) >= 11 is 0. The first-order valence-corrected chi connectivity index (χ1v) is 8.70. The van der Waals surface area contributed by atoms with E-state index in [0.29, 0.717) is 27.8 Å².